The van der Waals surface area contributed by atoms with Crippen molar-refractivity contribution in [2.45, 2.75) is 56.5 Å². The van der Waals surface area contributed by atoms with Gasteiger partial charge >= 0.3 is 0 Å². The van der Waals surface area contributed by atoms with E-state index in [0.29, 0.717) is 22.9 Å². The van der Waals surface area contributed by atoms with Gasteiger partial charge in [-0.15, -0.1) is 0 Å². The predicted molar refractivity (Wildman–Crippen MR) is 136 cm³/mol. The van der Waals surface area contributed by atoms with Gasteiger partial charge in [0.2, 0.25) is 15.9 Å². The molecule has 1 amide bonds. The summed E-state index contributed by atoms with van der Waals surface area (Å²) in [5.41, 5.74) is 1.27. The number of amides is 1. The minimum Gasteiger partial charge on any atom is -0.497 e. The molecule has 1 aromatic rings. The molecule has 0 bridgehead atoms. The number of benzene rings is 1. The van der Waals surface area contributed by atoms with Crippen molar-refractivity contribution in [2.75, 3.05) is 67.1 Å². The highest BCUT2D eigenvalue weighted by Crippen LogP contribution is 2.28. The van der Waals surface area contributed by atoms with E-state index in [1.807, 2.05) is 11.9 Å². The first-order chi connectivity index (χ1) is 16.6. The average molecular weight is 511 g/mol. The number of aryl methyl sites for hydroxylation is 2. The van der Waals surface area contributed by atoms with Crippen molar-refractivity contribution >= 4 is 15.9 Å². The normalized spacial score (nSPS) is 21.8. The Morgan fingerprint density at radius 2 is 1.80 bits per heavy atom. The number of ether oxygens (including phenoxy) is 2. The van der Waals surface area contributed by atoms with Gasteiger partial charge in [-0.25, -0.2) is 8.42 Å². The summed E-state index contributed by atoms with van der Waals surface area (Å²) in [4.78, 5) is 17.4. The molecule has 3 rings (SSSR count). The fraction of sp³-hybridized carbons (Fsp3) is 0.720. The lowest BCUT2D eigenvalue weighted by atomic mass is 9.88. The van der Waals surface area contributed by atoms with Crippen LogP contribution in [0.1, 0.15) is 36.8 Å². The lowest BCUT2D eigenvalue weighted by Crippen LogP contribution is -2.52. The maximum Gasteiger partial charge on any atom is 0.248 e. The van der Waals surface area contributed by atoms with Gasteiger partial charge in [0.1, 0.15) is 12.4 Å². The Kier molecular flexibility index (Phi) is 9.94. The Labute approximate surface area is 210 Å². The van der Waals surface area contributed by atoms with Gasteiger partial charge in [0.15, 0.2) is 0 Å². The van der Waals surface area contributed by atoms with Crippen molar-refractivity contribution in [3.05, 3.63) is 23.3 Å². The van der Waals surface area contributed by atoms with Gasteiger partial charge in [-0.05, 0) is 62.8 Å². The Bertz CT molecular complexity index is 942. The molecule has 0 spiro atoms. The zero-order valence-corrected chi connectivity index (χ0v) is 22.7. The number of methoxy groups -OCH3 is 1. The van der Waals surface area contributed by atoms with E-state index < -0.39 is 10.0 Å². The van der Waals surface area contributed by atoms with Crippen molar-refractivity contribution in [3.63, 3.8) is 0 Å². The van der Waals surface area contributed by atoms with Crippen LogP contribution in [0.5, 0.6) is 5.75 Å². The maximum absolute atomic E-state index is 13.1. The van der Waals surface area contributed by atoms with Crippen LogP contribution in [0.2, 0.25) is 0 Å². The summed E-state index contributed by atoms with van der Waals surface area (Å²) in [5, 5.41) is 3.40. The zero-order valence-electron chi connectivity index (χ0n) is 21.9. The quantitative estimate of drug-likeness (QED) is 0.479. The average Bonchev–Trinajstić information content (AvgIpc) is 2.85. The second-order valence-corrected chi connectivity index (χ2v) is 11.7. The first-order valence-corrected chi connectivity index (χ1v) is 14.0. The lowest BCUT2D eigenvalue weighted by Gasteiger charge is -2.42. The molecule has 1 saturated heterocycles. The van der Waals surface area contributed by atoms with E-state index in [1.165, 1.54) is 17.8 Å². The van der Waals surface area contributed by atoms with E-state index >= 15 is 0 Å². The van der Waals surface area contributed by atoms with Gasteiger partial charge in [-0.2, -0.15) is 4.31 Å². The highest BCUT2D eigenvalue weighted by molar-refractivity contribution is 7.89. The maximum atomic E-state index is 13.1. The fourth-order valence-electron chi connectivity index (χ4n) is 5.24. The number of hydrogen-bond donors (Lipinski definition) is 1. The van der Waals surface area contributed by atoms with Crippen LogP contribution in [0, 0.1) is 13.8 Å². The van der Waals surface area contributed by atoms with Crippen LogP contribution < -0.4 is 10.1 Å². The summed E-state index contributed by atoms with van der Waals surface area (Å²) in [6.45, 7) is 8.01. The second-order valence-electron chi connectivity index (χ2n) is 9.73. The van der Waals surface area contributed by atoms with Crippen LogP contribution in [0.4, 0.5) is 0 Å². The van der Waals surface area contributed by atoms with E-state index in [-0.39, 0.29) is 36.6 Å². The Hall–Kier alpha value is -1.72. The van der Waals surface area contributed by atoms with E-state index in [2.05, 4.69) is 10.2 Å². The summed E-state index contributed by atoms with van der Waals surface area (Å²) >= 11 is 0. The Morgan fingerprint density at radius 3 is 2.43 bits per heavy atom. The molecule has 1 aliphatic carbocycles. The van der Waals surface area contributed by atoms with Gasteiger partial charge in [0.25, 0.3) is 0 Å². The second kappa shape index (κ2) is 12.5. The topological polar surface area (TPSA) is 91.4 Å². The van der Waals surface area contributed by atoms with Crippen molar-refractivity contribution in [2.24, 2.45) is 0 Å². The number of sulfonamides is 1. The molecular formula is C25H42N4O5S. The summed E-state index contributed by atoms with van der Waals surface area (Å²) in [6, 6.07) is 4.20. The van der Waals surface area contributed by atoms with Crippen LogP contribution >= 0.6 is 0 Å². The van der Waals surface area contributed by atoms with Gasteiger partial charge in [-0.3, -0.25) is 9.69 Å². The van der Waals surface area contributed by atoms with Crippen molar-refractivity contribution in [1.82, 2.24) is 19.4 Å². The van der Waals surface area contributed by atoms with E-state index in [9.17, 15) is 13.2 Å². The van der Waals surface area contributed by atoms with Crippen molar-refractivity contribution in [3.8, 4) is 5.75 Å². The van der Waals surface area contributed by atoms with Gasteiger partial charge in [0.05, 0.1) is 18.6 Å². The monoisotopic (exact) mass is 510 g/mol. The van der Waals surface area contributed by atoms with E-state index in [4.69, 9.17) is 9.47 Å². The number of carbonyl (C=O) groups excluding carboxylic acids is 1. The summed E-state index contributed by atoms with van der Waals surface area (Å²) in [6.07, 6.45) is 4.35. The molecule has 1 N–H and O–H groups in total. The molecule has 9 nitrogen and oxygen atoms in total. The first kappa shape index (κ1) is 27.9. The zero-order chi connectivity index (χ0) is 25.6. The van der Waals surface area contributed by atoms with Crippen LogP contribution in [0.25, 0.3) is 0 Å². The van der Waals surface area contributed by atoms with Gasteiger partial charge in [0, 0.05) is 58.9 Å². The predicted octanol–water partition coefficient (Wildman–Crippen LogP) is 1.62. The highest BCUT2D eigenvalue weighted by Gasteiger charge is 2.31. The number of rotatable bonds is 10. The van der Waals surface area contributed by atoms with Gasteiger partial charge in [-0.1, -0.05) is 0 Å². The largest absolute Gasteiger partial charge is 0.497 e. The van der Waals surface area contributed by atoms with Crippen molar-refractivity contribution < 1.29 is 22.7 Å². The molecular weight excluding hydrogens is 468 g/mol. The highest BCUT2D eigenvalue weighted by atomic mass is 32.2. The Morgan fingerprint density at radius 1 is 1.14 bits per heavy atom. The minimum absolute atomic E-state index is 0.0419. The lowest BCUT2D eigenvalue weighted by molar-refractivity contribution is -0.138. The number of piperazine rings is 1. The van der Waals surface area contributed by atoms with Crippen LogP contribution in [0.3, 0.4) is 0 Å². The molecule has 35 heavy (non-hydrogen) atoms. The molecule has 10 heteroatoms. The molecule has 0 radical (unpaired) electrons. The molecule has 1 aromatic carbocycles. The molecule has 0 unspecified atom stereocenters. The van der Waals surface area contributed by atoms with Crippen LogP contribution in [-0.4, -0.2) is 108 Å². The summed E-state index contributed by atoms with van der Waals surface area (Å²) < 4.78 is 38.4. The third kappa shape index (κ3) is 6.95. The SMILES string of the molecule is COc1cc(C)c(S(=O)(=O)N(C)CCOCC(=O)N(C)[C@H]2CCC[C@@H](N3CCNCC3)C2)c(C)c1. The molecule has 1 saturated carbocycles. The Balaban J connectivity index is 1.47. The van der Waals surface area contributed by atoms with E-state index in [1.54, 1.807) is 33.1 Å². The molecule has 198 valence electrons. The standard InChI is InChI=1S/C25H42N4O5S/c1-19-15-23(33-5)16-20(2)25(19)35(31,32)27(3)13-14-34-18-24(30)28(4)21-7-6-8-22(17-21)29-11-9-26-10-12-29/h15-16,21-22,26H,6-14,17-18H2,1-5H3/t21-,22+/m0/s1. The number of nitrogens with one attached hydrogen (secondary N) is 1. The molecule has 0 aromatic heterocycles. The number of nitrogens with zero attached hydrogens (tertiary/aromatic N) is 3. The van der Waals surface area contributed by atoms with Crippen LogP contribution in [0.15, 0.2) is 17.0 Å². The molecule has 1 aliphatic heterocycles. The van der Waals surface area contributed by atoms with Crippen LogP contribution in [-0.2, 0) is 19.6 Å². The number of hydrogen-bond acceptors (Lipinski definition) is 7. The number of likely N-dealkylation sites (N-methyl/N-ethyl adjacent to an activating group) is 2. The number of carbonyl (C=O) groups is 1. The van der Waals surface area contributed by atoms with Crippen molar-refractivity contribution in [1.29, 1.82) is 0 Å². The smallest absolute Gasteiger partial charge is 0.248 e. The minimum atomic E-state index is -3.68. The third-order valence-corrected chi connectivity index (χ3v) is 9.50. The summed E-state index contributed by atoms with van der Waals surface area (Å²) in [5.74, 6) is 0.577. The molecule has 2 aliphatic rings. The summed E-state index contributed by atoms with van der Waals surface area (Å²) in [7, 11) is 1.28. The van der Waals surface area contributed by atoms with Gasteiger partial charge < -0.3 is 19.7 Å². The van der Waals surface area contributed by atoms with E-state index in [0.717, 1.165) is 45.4 Å². The third-order valence-electron chi connectivity index (χ3n) is 7.34. The molecule has 2 atom stereocenters. The molecule has 1 heterocycles. The first-order valence-electron chi connectivity index (χ1n) is 12.5. The fourth-order valence-corrected chi connectivity index (χ4v) is 6.80. The molecule has 2 fully saturated rings.